The second kappa shape index (κ2) is 12.5. The number of rotatable bonds is 10. The number of nitrogens with one attached hydrogen (secondary N) is 3. The highest BCUT2D eigenvalue weighted by molar-refractivity contribution is 6.01. The van der Waals surface area contributed by atoms with E-state index < -0.39 is 17.9 Å². The lowest BCUT2D eigenvalue weighted by Crippen LogP contribution is -2.21. The van der Waals surface area contributed by atoms with Gasteiger partial charge in [0.15, 0.2) is 5.56 Å². The molecule has 0 fully saturated rings. The third-order valence-electron chi connectivity index (χ3n) is 8.11. The zero-order valence-corrected chi connectivity index (χ0v) is 25.0. The van der Waals surface area contributed by atoms with Crippen LogP contribution in [0.1, 0.15) is 58.9 Å². The molecule has 43 heavy (non-hydrogen) atoms. The zero-order chi connectivity index (χ0) is 31.6. The minimum atomic E-state index is -0.934. The second-order valence-corrected chi connectivity index (χ2v) is 10.7. The summed E-state index contributed by atoms with van der Waals surface area (Å²) in [6, 6.07) is 0.721. The lowest BCUT2D eigenvalue weighted by molar-refractivity contribution is -0.137. The summed E-state index contributed by atoms with van der Waals surface area (Å²) in [6.45, 7) is 13.0. The molecule has 0 saturated carbocycles. The van der Waals surface area contributed by atoms with E-state index in [4.69, 9.17) is 0 Å². The van der Waals surface area contributed by atoms with Crippen LogP contribution < -0.4 is 26.8 Å². The van der Waals surface area contributed by atoms with Crippen LogP contribution in [0.4, 0.5) is 0 Å². The molecular weight excluding hydrogens is 548 g/mol. The Kier molecular flexibility index (Phi) is 8.99. The average molecular weight is 585 g/mol. The molecule has 3 aliphatic rings. The van der Waals surface area contributed by atoms with Crippen LogP contribution in [0.2, 0.25) is 0 Å². The predicted molar refractivity (Wildman–Crippen MR) is 164 cm³/mol. The van der Waals surface area contributed by atoms with Crippen molar-refractivity contribution in [3.63, 3.8) is 0 Å². The fourth-order valence-electron chi connectivity index (χ4n) is 5.55. The zero-order valence-electron chi connectivity index (χ0n) is 25.0. The number of hydrogen-bond donors (Lipinski definition) is 5. The Morgan fingerprint density at radius 2 is 1.77 bits per heavy atom. The molecule has 0 spiro atoms. The fourth-order valence-corrected chi connectivity index (χ4v) is 5.55. The molecule has 1 unspecified atom stereocenters. The van der Waals surface area contributed by atoms with E-state index in [1.54, 1.807) is 32.1 Å². The van der Waals surface area contributed by atoms with E-state index >= 15 is 0 Å². The normalized spacial score (nSPS) is 21.5. The Hall–Kier alpha value is -4.99. The first kappa shape index (κ1) is 31.0. The topological polar surface area (TPSA) is 163 Å². The molecular formula is C33H36N4O6-4. The van der Waals surface area contributed by atoms with Crippen LogP contribution in [-0.2, 0) is 14.4 Å². The number of H-pyrrole nitrogens is 1. The molecule has 0 bridgehead atoms. The van der Waals surface area contributed by atoms with E-state index in [1.165, 1.54) is 0 Å². The summed E-state index contributed by atoms with van der Waals surface area (Å²) >= 11 is 0. The molecule has 4 rings (SSSR count). The molecule has 1 atom stereocenters. The van der Waals surface area contributed by atoms with Gasteiger partial charge in [0.25, 0.3) is 0 Å². The highest BCUT2D eigenvalue weighted by Gasteiger charge is 2.22. The van der Waals surface area contributed by atoms with Gasteiger partial charge in [-0.2, -0.15) is 29.5 Å². The SMILES string of the molecule is C=CC1=C(/C=C2\NC(/C=C3\N[C-](/C=c4\[nH]c(=O)/c(=C\C)[c-]4C)C(C)=C3CCC(=O)O)=C(CCC(=O)O)[C-]2C)[N-]C(=O)C1C. The highest BCUT2D eigenvalue weighted by Crippen LogP contribution is 2.40. The summed E-state index contributed by atoms with van der Waals surface area (Å²) < 4.78 is 0. The van der Waals surface area contributed by atoms with Crippen molar-refractivity contribution < 1.29 is 24.6 Å². The van der Waals surface area contributed by atoms with Gasteiger partial charge in [-0.15, -0.1) is 34.0 Å². The Labute approximate surface area is 250 Å². The van der Waals surface area contributed by atoms with E-state index in [1.807, 2.05) is 32.9 Å². The number of nitrogens with zero attached hydrogens (tertiary/aromatic N) is 1. The van der Waals surface area contributed by atoms with E-state index in [0.717, 1.165) is 39.8 Å². The maximum Gasteiger partial charge on any atom is 0.303 e. The molecule has 228 valence electrons. The number of aliphatic carboxylic acids is 2. The van der Waals surface area contributed by atoms with Crippen LogP contribution in [0.15, 0.2) is 74.7 Å². The van der Waals surface area contributed by atoms with Crippen LogP contribution in [0, 0.1) is 24.8 Å². The quantitative estimate of drug-likeness (QED) is 0.262. The minimum absolute atomic E-state index is 0.0823. The van der Waals surface area contributed by atoms with E-state index in [9.17, 15) is 29.4 Å². The van der Waals surface area contributed by atoms with Crippen molar-refractivity contribution in [1.82, 2.24) is 15.6 Å². The van der Waals surface area contributed by atoms with E-state index in [-0.39, 0.29) is 37.1 Å². The van der Waals surface area contributed by atoms with Gasteiger partial charge in [0, 0.05) is 18.8 Å². The van der Waals surface area contributed by atoms with Crippen LogP contribution in [0.5, 0.6) is 0 Å². The number of carbonyl (C=O) groups excluding carboxylic acids is 1. The van der Waals surface area contributed by atoms with Gasteiger partial charge in [0.1, 0.15) is 0 Å². The van der Waals surface area contributed by atoms with Gasteiger partial charge < -0.3 is 40.7 Å². The lowest BCUT2D eigenvalue weighted by Gasteiger charge is -2.23. The van der Waals surface area contributed by atoms with Crippen LogP contribution in [-0.4, -0.2) is 33.0 Å². The first-order valence-corrected chi connectivity index (χ1v) is 14.1. The molecule has 5 N–H and O–H groups in total. The lowest BCUT2D eigenvalue weighted by atomic mass is 9.94. The van der Waals surface area contributed by atoms with Gasteiger partial charge in [0.2, 0.25) is 0 Å². The Bertz CT molecular complexity index is 1730. The number of carboxylic acid groups (broad SMARTS) is 2. The summed E-state index contributed by atoms with van der Waals surface area (Å²) in [6.07, 6.45) is 9.20. The first-order valence-electron chi connectivity index (χ1n) is 14.1. The summed E-state index contributed by atoms with van der Waals surface area (Å²) in [7, 11) is 0. The van der Waals surface area contributed by atoms with Crippen LogP contribution in [0.3, 0.4) is 0 Å². The Morgan fingerprint density at radius 1 is 1.09 bits per heavy atom. The van der Waals surface area contributed by atoms with Gasteiger partial charge in [-0.25, -0.2) is 0 Å². The number of allylic oxidation sites excluding steroid dienone is 5. The van der Waals surface area contributed by atoms with Crippen molar-refractivity contribution in [3.05, 3.63) is 114 Å². The van der Waals surface area contributed by atoms with Gasteiger partial charge >= 0.3 is 11.9 Å². The number of amides is 1. The number of carbonyl (C=O) groups is 3. The molecule has 0 saturated heterocycles. The molecule has 0 radical (unpaired) electrons. The average Bonchev–Trinajstić information content (AvgIpc) is 3.59. The summed E-state index contributed by atoms with van der Waals surface area (Å²) in [5, 5.41) is 31.1. The van der Waals surface area contributed by atoms with Crippen molar-refractivity contribution in [2.45, 2.75) is 60.3 Å². The maximum atomic E-state index is 12.4. The largest absolute Gasteiger partial charge is 0.637 e. The van der Waals surface area contributed by atoms with Crippen LogP contribution in [0.25, 0.3) is 17.5 Å². The Morgan fingerprint density at radius 3 is 2.37 bits per heavy atom. The maximum absolute atomic E-state index is 12.4. The Balaban J connectivity index is 1.78. The monoisotopic (exact) mass is 584 g/mol. The molecule has 4 heterocycles. The number of aromatic amines is 1. The number of aromatic nitrogens is 1. The van der Waals surface area contributed by atoms with Crippen molar-refractivity contribution in [1.29, 1.82) is 0 Å². The summed E-state index contributed by atoms with van der Waals surface area (Å²) in [5.74, 6) is -1.68. The highest BCUT2D eigenvalue weighted by atomic mass is 16.4. The predicted octanol–water partition coefficient (Wildman–Crippen LogP) is 3.37. The molecule has 10 nitrogen and oxygen atoms in total. The van der Waals surface area contributed by atoms with Gasteiger partial charge in [0.05, 0.1) is 5.91 Å². The minimum Gasteiger partial charge on any atom is -0.637 e. The van der Waals surface area contributed by atoms with Gasteiger partial charge in [-0.1, -0.05) is 82.0 Å². The van der Waals surface area contributed by atoms with Crippen LogP contribution >= 0.6 is 0 Å². The second-order valence-electron chi connectivity index (χ2n) is 10.7. The number of carboxylic acids is 2. The molecule has 0 aromatic carbocycles. The number of hydrogen-bond acceptors (Lipinski definition) is 6. The third-order valence-corrected chi connectivity index (χ3v) is 8.11. The molecule has 1 aromatic heterocycles. The van der Waals surface area contributed by atoms with Gasteiger partial charge in [-0.05, 0) is 12.1 Å². The fraction of sp³-hybridized carbons (Fsp3) is 0.303. The molecule has 1 aromatic rings. The summed E-state index contributed by atoms with van der Waals surface area (Å²) in [4.78, 5) is 50.5. The molecule has 3 aliphatic heterocycles. The van der Waals surface area contributed by atoms with Crippen molar-refractivity contribution in [2.75, 3.05) is 0 Å². The molecule has 0 aliphatic carbocycles. The van der Waals surface area contributed by atoms with Crippen molar-refractivity contribution in [3.8, 4) is 0 Å². The molecule has 10 heteroatoms. The smallest absolute Gasteiger partial charge is 0.303 e. The summed E-state index contributed by atoms with van der Waals surface area (Å²) in [5.41, 5.74) is 6.30. The third kappa shape index (κ3) is 6.28. The van der Waals surface area contributed by atoms with E-state index in [0.29, 0.717) is 33.4 Å². The molecule has 1 amide bonds. The van der Waals surface area contributed by atoms with Crippen molar-refractivity contribution in [2.24, 2.45) is 5.92 Å². The van der Waals surface area contributed by atoms with E-state index in [2.05, 4.69) is 27.5 Å². The van der Waals surface area contributed by atoms with Gasteiger partial charge in [-0.3, -0.25) is 9.59 Å². The standard InChI is InChI=1S/C33H37N4O6/c1-7-20-19(6)32(42)37-27(20)14-25-18(5)23(10-12-31(40)41)29(35-25)15-28-22(9-11-30(38)39)17(4)24(34-28)13-26-16(3)21(8-2)33(43)36-26/h7-8,13-15,19,34-35H,1,9-12H2,2-6H3,(H4,36,37,38,39,40,41,42,43)/q-3/p-1/b21-8-,25-14-,26-13-,28-15-. The first-order chi connectivity index (χ1) is 20.4. The van der Waals surface area contributed by atoms with Crippen molar-refractivity contribution >= 4 is 30.0 Å².